The summed E-state index contributed by atoms with van der Waals surface area (Å²) in [5.41, 5.74) is 2.80. The molecule has 0 unspecified atom stereocenters. The molecule has 0 saturated heterocycles. The molecule has 3 rings (SSSR count). The van der Waals surface area contributed by atoms with Gasteiger partial charge in [0.15, 0.2) is 5.82 Å². The second kappa shape index (κ2) is 8.65. The van der Waals surface area contributed by atoms with Gasteiger partial charge in [-0.25, -0.2) is 4.68 Å². The molecule has 3 aromatic rings. The molecular formula is C18H17Cl2N5OS. The van der Waals surface area contributed by atoms with Crippen LogP contribution >= 0.6 is 35.0 Å². The lowest BCUT2D eigenvalue weighted by molar-refractivity contribution is -0.118. The average molecular weight is 422 g/mol. The van der Waals surface area contributed by atoms with Crippen molar-refractivity contribution in [3.05, 3.63) is 63.6 Å². The van der Waals surface area contributed by atoms with Crippen LogP contribution in [0.25, 0.3) is 11.4 Å². The fourth-order valence-electron chi connectivity index (χ4n) is 2.32. The Balaban J connectivity index is 1.60. The van der Waals surface area contributed by atoms with Crippen LogP contribution in [0.15, 0.2) is 47.6 Å². The van der Waals surface area contributed by atoms with Gasteiger partial charge >= 0.3 is 0 Å². The lowest BCUT2D eigenvalue weighted by Gasteiger charge is -2.07. The molecule has 0 fully saturated rings. The minimum absolute atomic E-state index is 0.120. The van der Waals surface area contributed by atoms with Crippen molar-refractivity contribution < 1.29 is 4.79 Å². The van der Waals surface area contributed by atoms with Gasteiger partial charge in [0, 0.05) is 17.1 Å². The number of hydrogen-bond donors (Lipinski definition) is 2. The molecule has 0 saturated carbocycles. The molecule has 1 amide bonds. The van der Waals surface area contributed by atoms with E-state index in [1.165, 1.54) is 22.0 Å². The highest BCUT2D eigenvalue weighted by Gasteiger charge is 2.16. The van der Waals surface area contributed by atoms with Crippen LogP contribution in [-0.4, -0.2) is 26.5 Å². The number of carbonyl (C=O) groups excluding carboxylic acids is 1. The second-order valence-electron chi connectivity index (χ2n) is 5.85. The van der Waals surface area contributed by atoms with E-state index in [4.69, 9.17) is 29.0 Å². The van der Waals surface area contributed by atoms with Crippen molar-refractivity contribution in [1.82, 2.24) is 20.2 Å². The Bertz CT molecular complexity index is 959. The molecule has 140 valence electrons. The van der Waals surface area contributed by atoms with E-state index in [0.717, 1.165) is 5.56 Å². The number of thioether (sulfide) groups is 1. The predicted molar refractivity (Wildman–Crippen MR) is 109 cm³/mol. The average Bonchev–Trinajstić information content (AvgIpc) is 3.02. The summed E-state index contributed by atoms with van der Waals surface area (Å²) in [6, 6.07) is 13.0. The molecule has 1 aromatic heterocycles. The Morgan fingerprint density at radius 2 is 1.93 bits per heavy atom. The molecule has 0 aliphatic carbocycles. The van der Waals surface area contributed by atoms with Crippen molar-refractivity contribution >= 4 is 40.9 Å². The third-order valence-electron chi connectivity index (χ3n) is 3.78. The van der Waals surface area contributed by atoms with E-state index in [9.17, 15) is 4.79 Å². The number of halogens is 2. The van der Waals surface area contributed by atoms with Gasteiger partial charge in [-0.15, -0.1) is 10.2 Å². The van der Waals surface area contributed by atoms with Crippen LogP contribution in [0.3, 0.4) is 0 Å². The van der Waals surface area contributed by atoms with Crippen LogP contribution < -0.4 is 11.2 Å². The maximum atomic E-state index is 12.1. The first-order valence-corrected chi connectivity index (χ1v) is 9.79. The maximum absolute atomic E-state index is 12.1. The lowest BCUT2D eigenvalue weighted by Crippen LogP contribution is -2.25. The first kappa shape index (κ1) is 19.5. The predicted octanol–water partition coefficient (Wildman–Crippen LogP) is 3.68. The molecule has 6 nitrogen and oxygen atoms in total. The molecule has 0 aliphatic rings. The largest absolute Gasteiger partial charge is 0.351 e. The van der Waals surface area contributed by atoms with E-state index >= 15 is 0 Å². The van der Waals surface area contributed by atoms with Gasteiger partial charge in [0.05, 0.1) is 10.8 Å². The van der Waals surface area contributed by atoms with Crippen molar-refractivity contribution in [3.8, 4) is 11.4 Å². The van der Waals surface area contributed by atoms with Gasteiger partial charge in [-0.05, 0) is 30.7 Å². The second-order valence-corrected chi connectivity index (χ2v) is 7.64. The highest BCUT2D eigenvalue weighted by Crippen LogP contribution is 2.30. The smallest absolute Gasteiger partial charge is 0.230 e. The van der Waals surface area contributed by atoms with Crippen molar-refractivity contribution in [2.24, 2.45) is 0 Å². The van der Waals surface area contributed by atoms with Crippen LogP contribution in [0.2, 0.25) is 10.0 Å². The molecule has 0 radical (unpaired) electrons. The molecular weight excluding hydrogens is 405 g/mol. The molecule has 3 N–H and O–H groups in total. The molecule has 0 spiro atoms. The fourth-order valence-corrected chi connectivity index (χ4v) is 3.38. The van der Waals surface area contributed by atoms with Crippen molar-refractivity contribution in [1.29, 1.82) is 0 Å². The number of carbonyl (C=O) groups is 1. The van der Waals surface area contributed by atoms with Crippen LogP contribution in [0.4, 0.5) is 0 Å². The Labute approximate surface area is 171 Å². The van der Waals surface area contributed by atoms with Crippen molar-refractivity contribution in [2.75, 3.05) is 11.6 Å². The zero-order valence-electron chi connectivity index (χ0n) is 14.4. The van der Waals surface area contributed by atoms with E-state index in [2.05, 4.69) is 15.5 Å². The molecule has 0 bridgehead atoms. The maximum Gasteiger partial charge on any atom is 0.230 e. The summed E-state index contributed by atoms with van der Waals surface area (Å²) in [5, 5.41) is 12.3. The number of hydrogen-bond acceptors (Lipinski definition) is 5. The van der Waals surface area contributed by atoms with E-state index < -0.39 is 0 Å². The van der Waals surface area contributed by atoms with Crippen LogP contribution in [0.1, 0.15) is 11.1 Å². The molecule has 27 heavy (non-hydrogen) atoms. The molecule has 9 heteroatoms. The Kier molecular flexibility index (Phi) is 6.26. The number of aryl methyl sites for hydroxylation is 1. The summed E-state index contributed by atoms with van der Waals surface area (Å²) in [5.74, 6) is 6.49. The molecule has 0 atom stereocenters. The van der Waals surface area contributed by atoms with Crippen LogP contribution in [-0.2, 0) is 11.3 Å². The lowest BCUT2D eigenvalue weighted by atomic mass is 10.1. The first-order chi connectivity index (χ1) is 12.9. The monoisotopic (exact) mass is 421 g/mol. The number of amides is 1. The first-order valence-electron chi connectivity index (χ1n) is 8.05. The topological polar surface area (TPSA) is 85.8 Å². The summed E-state index contributed by atoms with van der Waals surface area (Å²) in [4.78, 5) is 12.1. The zero-order chi connectivity index (χ0) is 19.4. The van der Waals surface area contributed by atoms with Crippen LogP contribution in [0, 0.1) is 6.92 Å². The van der Waals surface area contributed by atoms with Gasteiger partial charge in [-0.3, -0.25) is 4.79 Å². The number of nitrogens with zero attached hydrogens (tertiary/aromatic N) is 3. The standard InChI is InChI=1S/C18H17Cl2N5OS/c1-11-2-4-12(5-3-11)9-22-16(26)10-27-18-24-23-17(25(18)21)14-8-13(19)6-7-15(14)20/h2-8H,9-10,21H2,1H3,(H,22,26). The van der Waals surface area contributed by atoms with Crippen LogP contribution in [0.5, 0.6) is 0 Å². The van der Waals surface area contributed by atoms with E-state index in [-0.39, 0.29) is 11.7 Å². The quantitative estimate of drug-likeness (QED) is 0.468. The summed E-state index contributed by atoms with van der Waals surface area (Å²) in [6.45, 7) is 2.49. The minimum atomic E-state index is -0.120. The number of rotatable bonds is 6. The minimum Gasteiger partial charge on any atom is -0.351 e. The highest BCUT2D eigenvalue weighted by atomic mass is 35.5. The van der Waals surface area contributed by atoms with Gasteiger partial charge in [-0.1, -0.05) is 64.8 Å². The van der Waals surface area contributed by atoms with Crippen molar-refractivity contribution in [2.45, 2.75) is 18.6 Å². The van der Waals surface area contributed by atoms with Gasteiger partial charge < -0.3 is 11.2 Å². The number of aromatic nitrogens is 3. The summed E-state index contributed by atoms with van der Waals surface area (Å²) >= 11 is 13.4. The molecule has 1 heterocycles. The van der Waals surface area contributed by atoms with E-state index in [1.54, 1.807) is 18.2 Å². The van der Waals surface area contributed by atoms with Gasteiger partial charge in [0.1, 0.15) is 0 Å². The Morgan fingerprint density at radius 1 is 1.19 bits per heavy atom. The summed E-state index contributed by atoms with van der Waals surface area (Å²) in [7, 11) is 0. The van der Waals surface area contributed by atoms with Gasteiger partial charge in [0.25, 0.3) is 0 Å². The van der Waals surface area contributed by atoms with Crippen molar-refractivity contribution in [3.63, 3.8) is 0 Å². The van der Waals surface area contributed by atoms with E-state index in [0.29, 0.717) is 33.1 Å². The summed E-state index contributed by atoms with van der Waals surface area (Å²) in [6.07, 6.45) is 0. The number of nitrogens with one attached hydrogen (secondary N) is 1. The Morgan fingerprint density at radius 3 is 2.67 bits per heavy atom. The van der Waals surface area contributed by atoms with Gasteiger partial charge in [-0.2, -0.15) is 0 Å². The number of benzene rings is 2. The SMILES string of the molecule is Cc1ccc(CNC(=O)CSc2nnc(-c3cc(Cl)ccc3Cl)n2N)cc1. The van der Waals surface area contributed by atoms with E-state index in [1.807, 2.05) is 31.2 Å². The van der Waals surface area contributed by atoms with Gasteiger partial charge in [0.2, 0.25) is 11.1 Å². The molecule has 2 aromatic carbocycles. The normalized spacial score (nSPS) is 10.8. The molecule has 0 aliphatic heterocycles. The zero-order valence-corrected chi connectivity index (χ0v) is 16.8. The third-order valence-corrected chi connectivity index (χ3v) is 5.28. The summed E-state index contributed by atoms with van der Waals surface area (Å²) < 4.78 is 1.30. The highest BCUT2D eigenvalue weighted by molar-refractivity contribution is 7.99. The fraction of sp³-hybridized carbons (Fsp3) is 0.167. The Hall–Kier alpha value is -2.22. The third kappa shape index (κ3) is 4.94. The number of nitrogens with two attached hydrogens (primary N) is 1. The number of nitrogen functional groups attached to an aromatic ring is 1.